The second-order valence-electron chi connectivity index (χ2n) is 10.3. The lowest BCUT2D eigenvalue weighted by molar-refractivity contribution is -0.133. The number of hydrogen-bond acceptors (Lipinski definition) is 5. The molecule has 4 rings (SSSR count). The summed E-state index contributed by atoms with van der Waals surface area (Å²) < 4.78 is 0. The first-order valence-corrected chi connectivity index (χ1v) is 13.1. The van der Waals surface area contributed by atoms with Crippen molar-refractivity contribution in [3.05, 3.63) is 23.9 Å². The van der Waals surface area contributed by atoms with Gasteiger partial charge in [-0.15, -0.1) is 0 Å². The van der Waals surface area contributed by atoms with Crippen LogP contribution in [0, 0.1) is 17.8 Å². The van der Waals surface area contributed by atoms with Crippen molar-refractivity contribution in [3.63, 3.8) is 0 Å². The van der Waals surface area contributed by atoms with E-state index in [9.17, 15) is 9.59 Å². The van der Waals surface area contributed by atoms with Crippen LogP contribution in [0.3, 0.4) is 0 Å². The highest BCUT2D eigenvalue weighted by atomic mass is 16.2. The van der Waals surface area contributed by atoms with E-state index in [0.717, 1.165) is 24.9 Å². The summed E-state index contributed by atoms with van der Waals surface area (Å²) in [5.41, 5.74) is 6.61. The number of nitrogens with two attached hydrogens (primary N) is 1. The Bertz CT molecular complexity index is 747. The lowest BCUT2D eigenvalue weighted by Crippen LogP contribution is -2.57. The van der Waals surface area contributed by atoms with Crippen LogP contribution in [0.5, 0.6) is 0 Å². The van der Waals surface area contributed by atoms with Crippen molar-refractivity contribution < 1.29 is 9.59 Å². The van der Waals surface area contributed by atoms with Gasteiger partial charge >= 0.3 is 0 Å². The molecular formula is C26H41N5O2. The average molecular weight is 456 g/mol. The SMILES string of the molecule is Nc1ccc(CNC(=O)[C@H](NC(=O)[C@@H]2CCCN2)C(C2CCCCC2)C2CCCCC2)cn1. The van der Waals surface area contributed by atoms with Crippen molar-refractivity contribution in [2.45, 2.75) is 95.7 Å². The molecular weight excluding hydrogens is 414 g/mol. The highest BCUT2D eigenvalue weighted by Gasteiger charge is 2.41. The number of rotatable bonds is 8. The van der Waals surface area contributed by atoms with Gasteiger partial charge in [0.2, 0.25) is 11.8 Å². The third-order valence-electron chi connectivity index (χ3n) is 8.04. The maximum absolute atomic E-state index is 13.7. The molecule has 0 unspecified atom stereocenters. The number of hydrogen-bond donors (Lipinski definition) is 4. The quantitative estimate of drug-likeness (QED) is 0.481. The van der Waals surface area contributed by atoms with Crippen LogP contribution >= 0.6 is 0 Å². The van der Waals surface area contributed by atoms with Gasteiger partial charge in [0.15, 0.2) is 0 Å². The van der Waals surface area contributed by atoms with E-state index in [1.807, 2.05) is 6.07 Å². The summed E-state index contributed by atoms with van der Waals surface area (Å²) in [4.78, 5) is 31.0. The zero-order valence-corrected chi connectivity index (χ0v) is 19.9. The lowest BCUT2D eigenvalue weighted by Gasteiger charge is -2.42. The highest BCUT2D eigenvalue weighted by Crippen LogP contribution is 2.42. The molecule has 182 valence electrons. The third kappa shape index (κ3) is 6.46. The lowest BCUT2D eigenvalue weighted by atomic mass is 9.66. The third-order valence-corrected chi connectivity index (χ3v) is 8.04. The summed E-state index contributed by atoms with van der Waals surface area (Å²) in [6, 6.07) is 2.98. The van der Waals surface area contributed by atoms with Crippen LogP contribution in [0.15, 0.2) is 18.3 Å². The molecule has 2 amide bonds. The smallest absolute Gasteiger partial charge is 0.243 e. The van der Waals surface area contributed by atoms with Crippen molar-refractivity contribution >= 4 is 17.6 Å². The van der Waals surface area contributed by atoms with Crippen LogP contribution in [0.4, 0.5) is 5.82 Å². The molecule has 0 spiro atoms. The van der Waals surface area contributed by atoms with E-state index in [4.69, 9.17) is 5.73 Å². The van der Waals surface area contributed by atoms with E-state index in [1.54, 1.807) is 12.3 Å². The van der Waals surface area contributed by atoms with Gasteiger partial charge in [0, 0.05) is 12.7 Å². The van der Waals surface area contributed by atoms with Crippen molar-refractivity contribution in [1.82, 2.24) is 20.9 Å². The minimum atomic E-state index is -0.479. The summed E-state index contributed by atoms with van der Waals surface area (Å²) in [6.07, 6.45) is 15.7. The molecule has 33 heavy (non-hydrogen) atoms. The van der Waals surface area contributed by atoms with Gasteiger partial charge in [0.25, 0.3) is 0 Å². The van der Waals surface area contributed by atoms with Crippen LogP contribution in [0.1, 0.15) is 82.6 Å². The molecule has 7 nitrogen and oxygen atoms in total. The Balaban J connectivity index is 1.54. The van der Waals surface area contributed by atoms with E-state index in [2.05, 4.69) is 20.9 Å². The topological polar surface area (TPSA) is 109 Å². The maximum Gasteiger partial charge on any atom is 0.243 e. The molecule has 2 heterocycles. The molecule has 0 radical (unpaired) electrons. The Morgan fingerprint density at radius 1 is 0.970 bits per heavy atom. The Morgan fingerprint density at radius 2 is 1.64 bits per heavy atom. The number of amides is 2. The van der Waals surface area contributed by atoms with Crippen LogP contribution in [-0.4, -0.2) is 35.4 Å². The Kier molecular flexibility index (Phi) is 8.59. The molecule has 3 fully saturated rings. The van der Waals surface area contributed by atoms with Crippen LogP contribution in [0.25, 0.3) is 0 Å². The molecule has 1 aromatic heterocycles. The van der Waals surface area contributed by atoms with Gasteiger partial charge in [-0.3, -0.25) is 9.59 Å². The molecule has 0 bridgehead atoms. The number of carbonyl (C=O) groups excluding carboxylic acids is 2. The molecule has 1 saturated heterocycles. The van der Waals surface area contributed by atoms with Gasteiger partial charge in [-0.25, -0.2) is 4.98 Å². The average Bonchev–Trinajstić information content (AvgIpc) is 3.40. The largest absolute Gasteiger partial charge is 0.384 e. The van der Waals surface area contributed by atoms with E-state index >= 15 is 0 Å². The predicted molar refractivity (Wildman–Crippen MR) is 130 cm³/mol. The first-order valence-electron chi connectivity index (χ1n) is 13.1. The van der Waals surface area contributed by atoms with E-state index in [1.165, 1.54) is 64.2 Å². The number of anilines is 1. The molecule has 0 aromatic carbocycles. The van der Waals surface area contributed by atoms with Crippen molar-refractivity contribution in [1.29, 1.82) is 0 Å². The molecule has 5 N–H and O–H groups in total. The number of aromatic nitrogens is 1. The van der Waals surface area contributed by atoms with Gasteiger partial charge in [0.1, 0.15) is 11.9 Å². The molecule has 1 aliphatic heterocycles. The van der Waals surface area contributed by atoms with Crippen molar-refractivity contribution in [2.75, 3.05) is 12.3 Å². The van der Waals surface area contributed by atoms with E-state index in [-0.39, 0.29) is 23.8 Å². The molecule has 2 saturated carbocycles. The highest BCUT2D eigenvalue weighted by molar-refractivity contribution is 5.90. The fraction of sp³-hybridized carbons (Fsp3) is 0.731. The fourth-order valence-corrected chi connectivity index (χ4v) is 6.31. The minimum Gasteiger partial charge on any atom is -0.384 e. The van der Waals surface area contributed by atoms with Gasteiger partial charge in [-0.05, 0) is 48.8 Å². The normalized spacial score (nSPS) is 23.4. The molecule has 2 atom stereocenters. The van der Waals surface area contributed by atoms with Crippen molar-refractivity contribution in [2.24, 2.45) is 17.8 Å². The summed E-state index contributed by atoms with van der Waals surface area (Å²) in [6.45, 7) is 1.26. The van der Waals surface area contributed by atoms with Crippen LogP contribution in [-0.2, 0) is 16.1 Å². The van der Waals surface area contributed by atoms with Gasteiger partial charge in [-0.2, -0.15) is 0 Å². The predicted octanol–water partition coefficient (Wildman–Crippen LogP) is 3.29. The van der Waals surface area contributed by atoms with Crippen LogP contribution in [0.2, 0.25) is 0 Å². The minimum absolute atomic E-state index is 0.0154. The number of nitrogens with zero attached hydrogens (tertiary/aromatic N) is 1. The molecule has 3 aliphatic rings. The summed E-state index contributed by atoms with van der Waals surface area (Å²) in [5, 5.41) is 9.67. The standard InChI is InChI=1S/C26H41N5O2/c27-22-14-13-18(16-29-22)17-30-26(33)24(31-25(32)21-12-7-15-28-21)23(19-8-3-1-4-9-19)20-10-5-2-6-11-20/h13-14,16,19-21,23-24,28H,1-12,15,17H2,(H2,27,29)(H,30,33)(H,31,32)/t21-,24+/m0/s1. The number of nitrogens with one attached hydrogen (secondary N) is 3. The van der Waals surface area contributed by atoms with Gasteiger partial charge in [0.05, 0.1) is 6.04 Å². The first kappa shape index (κ1) is 24.0. The molecule has 2 aliphatic carbocycles. The zero-order chi connectivity index (χ0) is 23.0. The number of pyridine rings is 1. The second-order valence-corrected chi connectivity index (χ2v) is 10.3. The van der Waals surface area contributed by atoms with E-state index < -0.39 is 6.04 Å². The monoisotopic (exact) mass is 455 g/mol. The Hall–Kier alpha value is -2.15. The number of carbonyl (C=O) groups is 2. The summed E-state index contributed by atoms with van der Waals surface area (Å²) >= 11 is 0. The number of nitrogen functional groups attached to an aromatic ring is 1. The van der Waals surface area contributed by atoms with E-state index in [0.29, 0.717) is 24.2 Å². The summed E-state index contributed by atoms with van der Waals surface area (Å²) in [5.74, 6) is 1.62. The first-order chi connectivity index (χ1) is 16.1. The van der Waals surface area contributed by atoms with Gasteiger partial charge < -0.3 is 21.7 Å². The Morgan fingerprint density at radius 3 is 2.18 bits per heavy atom. The fourth-order valence-electron chi connectivity index (χ4n) is 6.31. The summed E-state index contributed by atoms with van der Waals surface area (Å²) in [7, 11) is 0. The van der Waals surface area contributed by atoms with Crippen molar-refractivity contribution in [3.8, 4) is 0 Å². The maximum atomic E-state index is 13.7. The van der Waals surface area contributed by atoms with Gasteiger partial charge in [-0.1, -0.05) is 70.3 Å². The second kappa shape index (κ2) is 11.8. The van der Waals surface area contributed by atoms with Crippen LogP contribution < -0.4 is 21.7 Å². The molecule has 1 aromatic rings. The molecule has 7 heteroatoms. The zero-order valence-electron chi connectivity index (χ0n) is 19.9. The Labute approximate surface area is 198 Å².